The summed E-state index contributed by atoms with van der Waals surface area (Å²) in [7, 11) is 1.58. The van der Waals surface area contributed by atoms with Crippen LogP contribution in [0.15, 0.2) is 0 Å². The van der Waals surface area contributed by atoms with E-state index in [9.17, 15) is 14.4 Å². The van der Waals surface area contributed by atoms with Gasteiger partial charge in [-0.3, -0.25) is 9.59 Å². The maximum atomic E-state index is 11.9. The monoisotopic (exact) mass is 285 g/mol. The lowest BCUT2D eigenvalue weighted by atomic mass is 10.2. The van der Waals surface area contributed by atoms with Gasteiger partial charge >= 0.3 is 12.0 Å². The number of carbonyl (C=O) groups is 3. The fourth-order valence-electron chi connectivity index (χ4n) is 2.07. The molecule has 0 radical (unpaired) electrons. The molecule has 0 aromatic rings. The first-order chi connectivity index (χ1) is 9.50. The molecule has 1 aliphatic heterocycles. The van der Waals surface area contributed by atoms with Crippen molar-refractivity contribution in [3.8, 4) is 0 Å². The van der Waals surface area contributed by atoms with E-state index in [4.69, 9.17) is 5.11 Å². The van der Waals surface area contributed by atoms with Crippen LogP contribution in [-0.2, 0) is 9.59 Å². The van der Waals surface area contributed by atoms with Crippen LogP contribution in [0, 0.1) is 0 Å². The highest BCUT2D eigenvalue weighted by atomic mass is 16.4. The normalized spacial score (nSPS) is 14.2. The summed E-state index contributed by atoms with van der Waals surface area (Å²) < 4.78 is 0. The van der Waals surface area contributed by atoms with Crippen LogP contribution in [0.3, 0.4) is 0 Å². The summed E-state index contributed by atoms with van der Waals surface area (Å²) >= 11 is 0. The number of carbonyl (C=O) groups excluding carboxylic acids is 2. The molecule has 2 N–H and O–H groups in total. The number of rotatable bonds is 7. The Balaban J connectivity index is 2.15. The van der Waals surface area contributed by atoms with E-state index in [1.54, 1.807) is 11.9 Å². The van der Waals surface area contributed by atoms with E-state index in [1.165, 1.54) is 4.90 Å². The topological polar surface area (TPSA) is 90.0 Å². The van der Waals surface area contributed by atoms with Gasteiger partial charge in [0, 0.05) is 33.1 Å². The molecule has 0 spiro atoms. The molecular weight excluding hydrogens is 262 g/mol. The summed E-state index contributed by atoms with van der Waals surface area (Å²) in [6.07, 6.45) is 3.33. The summed E-state index contributed by atoms with van der Waals surface area (Å²) in [5.74, 6) is -0.851. The van der Waals surface area contributed by atoms with Gasteiger partial charge in [0.1, 0.15) is 6.54 Å². The van der Waals surface area contributed by atoms with E-state index < -0.39 is 5.97 Å². The van der Waals surface area contributed by atoms with Crippen molar-refractivity contribution in [2.24, 2.45) is 0 Å². The third-order valence-corrected chi connectivity index (χ3v) is 3.27. The van der Waals surface area contributed by atoms with E-state index in [-0.39, 0.29) is 24.9 Å². The fraction of sp³-hybridized carbons (Fsp3) is 0.769. The number of urea groups is 1. The summed E-state index contributed by atoms with van der Waals surface area (Å²) in [5, 5.41) is 11.2. The van der Waals surface area contributed by atoms with E-state index in [0.717, 1.165) is 25.9 Å². The van der Waals surface area contributed by atoms with Crippen LogP contribution in [0.25, 0.3) is 0 Å². The largest absolute Gasteiger partial charge is 0.481 e. The first kappa shape index (κ1) is 16.3. The van der Waals surface area contributed by atoms with Gasteiger partial charge in [-0.05, 0) is 25.7 Å². The van der Waals surface area contributed by atoms with E-state index >= 15 is 0 Å². The highest BCUT2D eigenvalue weighted by molar-refractivity contribution is 5.84. The molecule has 1 aliphatic rings. The maximum Gasteiger partial charge on any atom is 0.317 e. The van der Waals surface area contributed by atoms with Gasteiger partial charge in [-0.2, -0.15) is 0 Å². The minimum absolute atomic E-state index is 0.0222. The van der Waals surface area contributed by atoms with Gasteiger partial charge in [0.25, 0.3) is 0 Å². The molecule has 3 amide bonds. The minimum Gasteiger partial charge on any atom is -0.481 e. The standard InChI is InChI=1S/C13H23N3O4/c1-15(10-11(17)16-8-4-5-9-16)13(20)14-7-3-2-6-12(18)19/h2-10H2,1H3,(H,14,20)(H,18,19). The van der Waals surface area contributed by atoms with Crippen molar-refractivity contribution in [3.63, 3.8) is 0 Å². The Morgan fingerprint density at radius 2 is 1.85 bits per heavy atom. The van der Waals surface area contributed by atoms with Crippen LogP contribution in [0.5, 0.6) is 0 Å². The molecule has 0 aromatic carbocycles. The first-order valence-corrected chi connectivity index (χ1v) is 6.99. The second-order valence-corrected chi connectivity index (χ2v) is 5.03. The second kappa shape index (κ2) is 8.39. The van der Waals surface area contributed by atoms with E-state index in [0.29, 0.717) is 19.4 Å². The summed E-state index contributed by atoms with van der Waals surface area (Å²) in [4.78, 5) is 37.0. The first-order valence-electron chi connectivity index (χ1n) is 6.99. The number of nitrogens with one attached hydrogen (secondary N) is 1. The number of likely N-dealkylation sites (N-methyl/N-ethyl adjacent to an activating group) is 1. The number of hydrogen-bond acceptors (Lipinski definition) is 3. The predicted octanol–water partition coefficient (Wildman–Crippen LogP) is 0.505. The molecule has 7 heteroatoms. The molecule has 0 aliphatic carbocycles. The average molecular weight is 285 g/mol. The Kier molecular flexibility index (Phi) is 6.83. The molecule has 114 valence electrons. The summed E-state index contributed by atoms with van der Waals surface area (Å²) in [5.41, 5.74) is 0. The zero-order valence-corrected chi connectivity index (χ0v) is 11.9. The lowest BCUT2D eigenvalue weighted by Gasteiger charge is -2.21. The van der Waals surface area contributed by atoms with Gasteiger partial charge in [0.05, 0.1) is 0 Å². The van der Waals surface area contributed by atoms with Crippen molar-refractivity contribution >= 4 is 17.9 Å². The molecule has 1 saturated heterocycles. The van der Waals surface area contributed by atoms with Crippen molar-refractivity contribution in [1.29, 1.82) is 0 Å². The van der Waals surface area contributed by atoms with Crippen LogP contribution in [0.4, 0.5) is 4.79 Å². The van der Waals surface area contributed by atoms with Gasteiger partial charge in [-0.15, -0.1) is 0 Å². The van der Waals surface area contributed by atoms with Crippen molar-refractivity contribution in [2.75, 3.05) is 33.2 Å². The average Bonchev–Trinajstić information content (AvgIpc) is 2.91. The molecule has 0 saturated carbocycles. The lowest BCUT2D eigenvalue weighted by molar-refractivity contribution is -0.137. The number of aliphatic carboxylic acids is 1. The zero-order valence-electron chi connectivity index (χ0n) is 11.9. The Labute approximate surface area is 118 Å². The molecule has 1 rings (SSSR count). The molecule has 0 aromatic heterocycles. The zero-order chi connectivity index (χ0) is 15.0. The van der Waals surface area contributed by atoms with Crippen LogP contribution in [0.2, 0.25) is 0 Å². The van der Waals surface area contributed by atoms with E-state index in [2.05, 4.69) is 5.32 Å². The second-order valence-electron chi connectivity index (χ2n) is 5.03. The number of likely N-dealkylation sites (tertiary alicyclic amines) is 1. The SMILES string of the molecule is CN(CC(=O)N1CCCC1)C(=O)NCCCCC(=O)O. The lowest BCUT2D eigenvalue weighted by Crippen LogP contribution is -2.44. The van der Waals surface area contributed by atoms with Crippen molar-refractivity contribution in [3.05, 3.63) is 0 Å². The number of hydrogen-bond donors (Lipinski definition) is 2. The summed E-state index contributed by atoms with van der Waals surface area (Å²) in [6, 6.07) is -0.298. The molecule has 20 heavy (non-hydrogen) atoms. The molecule has 0 bridgehead atoms. The number of carboxylic acids is 1. The van der Waals surface area contributed by atoms with Crippen molar-refractivity contribution < 1.29 is 19.5 Å². The van der Waals surface area contributed by atoms with Crippen LogP contribution >= 0.6 is 0 Å². The number of amides is 3. The number of unbranched alkanes of at least 4 members (excludes halogenated alkanes) is 1. The highest BCUT2D eigenvalue weighted by Crippen LogP contribution is 2.07. The molecule has 1 fully saturated rings. The van der Waals surface area contributed by atoms with Gasteiger partial charge in [0.15, 0.2) is 0 Å². The Morgan fingerprint density at radius 3 is 2.45 bits per heavy atom. The Bertz CT molecular complexity index is 354. The number of carboxylic acid groups (broad SMARTS) is 1. The Morgan fingerprint density at radius 1 is 1.20 bits per heavy atom. The quantitative estimate of drug-likeness (QED) is 0.667. The van der Waals surface area contributed by atoms with Gasteiger partial charge in [0.2, 0.25) is 5.91 Å². The van der Waals surface area contributed by atoms with Gasteiger partial charge in [-0.1, -0.05) is 0 Å². The van der Waals surface area contributed by atoms with E-state index in [1.807, 2.05) is 0 Å². The molecule has 0 unspecified atom stereocenters. The predicted molar refractivity (Wildman–Crippen MR) is 73.3 cm³/mol. The smallest absolute Gasteiger partial charge is 0.317 e. The maximum absolute atomic E-state index is 11.9. The fourth-order valence-corrected chi connectivity index (χ4v) is 2.07. The molecule has 1 heterocycles. The molecular formula is C13H23N3O4. The summed E-state index contributed by atoms with van der Waals surface area (Å²) in [6.45, 7) is 2.07. The molecule has 0 atom stereocenters. The van der Waals surface area contributed by atoms with Crippen LogP contribution < -0.4 is 5.32 Å². The highest BCUT2D eigenvalue weighted by Gasteiger charge is 2.20. The third-order valence-electron chi connectivity index (χ3n) is 3.27. The van der Waals surface area contributed by atoms with Crippen LogP contribution in [-0.4, -0.2) is 66.0 Å². The van der Waals surface area contributed by atoms with Crippen LogP contribution in [0.1, 0.15) is 32.1 Å². The van der Waals surface area contributed by atoms with Gasteiger partial charge < -0.3 is 20.2 Å². The van der Waals surface area contributed by atoms with Crippen molar-refractivity contribution in [1.82, 2.24) is 15.1 Å². The minimum atomic E-state index is -0.829. The molecule has 7 nitrogen and oxygen atoms in total. The Hall–Kier alpha value is -1.79. The number of nitrogens with zero attached hydrogens (tertiary/aromatic N) is 2. The van der Waals surface area contributed by atoms with Gasteiger partial charge in [-0.25, -0.2) is 4.79 Å². The third kappa shape index (κ3) is 5.90. The van der Waals surface area contributed by atoms with Crippen molar-refractivity contribution in [2.45, 2.75) is 32.1 Å².